The molecule has 4 nitrogen and oxygen atoms in total. The van der Waals surface area contributed by atoms with Crippen molar-refractivity contribution in [2.45, 2.75) is 36.2 Å². The van der Waals surface area contributed by atoms with E-state index in [4.69, 9.17) is 11.6 Å². The molecule has 0 aromatic heterocycles. The van der Waals surface area contributed by atoms with Crippen LogP contribution >= 0.6 is 11.6 Å². The van der Waals surface area contributed by atoms with Crippen LogP contribution in [-0.4, -0.2) is 42.8 Å². The Labute approximate surface area is 160 Å². The van der Waals surface area contributed by atoms with Crippen molar-refractivity contribution in [3.63, 3.8) is 0 Å². The number of halogens is 1. The Bertz CT molecular complexity index is 888. The predicted octanol–water partition coefficient (Wildman–Crippen LogP) is 3.77. The molecule has 2 saturated heterocycles. The highest BCUT2D eigenvalue weighted by molar-refractivity contribution is 7.89. The fourth-order valence-corrected chi connectivity index (χ4v) is 6.04. The van der Waals surface area contributed by atoms with Gasteiger partial charge in [-0.25, -0.2) is 8.42 Å². The highest BCUT2D eigenvalue weighted by atomic mass is 35.5. The molecule has 0 saturated carbocycles. The van der Waals surface area contributed by atoms with Gasteiger partial charge < -0.3 is 0 Å². The molecule has 26 heavy (non-hydrogen) atoms. The second-order valence-electron chi connectivity index (χ2n) is 7.24. The maximum atomic E-state index is 13.0. The molecule has 1 spiro atoms. The van der Waals surface area contributed by atoms with Gasteiger partial charge in [0.15, 0.2) is 0 Å². The summed E-state index contributed by atoms with van der Waals surface area (Å²) in [6.45, 7) is 2.91. The van der Waals surface area contributed by atoms with Crippen molar-refractivity contribution in [1.82, 2.24) is 9.21 Å². The van der Waals surface area contributed by atoms with Crippen LogP contribution in [0, 0.1) is 0 Å². The molecule has 0 unspecified atom stereocenters. The Morgan fingerprint density at radius 2 is 1.69 bits per heavy atom. The minimum Gasteiger partial charge on any atom is -0.292 e. The summed E-state index contributed by atoms with van der Waals surface area (Å²) in [5.41, 5.74) is 1.04. The molecule has 0 amide bonds. The highest BCUT2D eigenvalue weighted by Gasteiger charge is 2.48. The lowest BCUT2D eigenvalue weighted by atomic mass is 9.95. The van der Waals surface area contributed by atoms with Crippen LogP contribution in [-0.2, 0) is 16.6 Å². The second-order valence-corrected chi connectivity index (χ2v) is 9.59. The molecule has 2 heterocycles. The minimum atomic E-state index is -3.43. The number of sulfonamides is 1. The molecule has 0 radical (unpaired) electrons. The van der Waals surface area contributed by atoms with Gasteiger partial charge in [-0.3, -0.25) is 4.90 Å². The van der Waals surface area contributed by atoms with Gasteiger partial charge >= 0.3 is 0 Å². The van der Waals surface area contributed by atoms with E-state index in [1.54, 1.807) is 28.6 Å². The first-order valence-electron chi connectivity index (χ1n) is 9.05. The summed E-state index contributed by atoms with van der Waals surface area (Å²) in [5, 5.41) is 0.779. The number of rotatable bonds is 4. The van der Waals surface area contributed by atoms with Gasteiger partial charge in [-0.05, 0) is 49.6 Å². The summed E-state index contributed by atoms with van der Waals surface area (Å²) in [4.78, 5) is 2.82. The van der Waals surface area contributed by atoms with Crippen molar-refractivity contribution >= 4 is 21.6 Å². The highest BCUT2D eigenvalue weighted by Crippen LogP contribution is 2.40. The minimum absolute atomic E-state index is 0.0684. The van der Waals surface area contributed by atoms with Crippen molar-refractivity contribution in [2.75, 3.05) is 19.6 Å². The van der Waals surface area contributed by atoms with Crippen molar-refractivity contribution in [2.24, 2.45) is 0 Å². The van der Waals surface area contributed by atoms with Crippen molar-refractivity contribution in [3.05, 3.63) is 65.2 Å². The summed E-state index contributed by atoms with van der Waals surface area (Å²) >= 11 is 6.35. The predicted molar refractivity (Wildman–Crippen MR) is 104 cm³/mol. The monoisotopic (exact) mass is 390 g/mol. The van der Waals surface area contributed by atoms with Crippen LogP contribution in [0.1, 0.15) is 24.8 Å². The summed E-state index contributed by atoms with van der Waals surface area (Å²) in [7, 11) is -3.43. The quantitative estimate of drug-likeness (QED) is 0.797. The van der Waals surface area contributed by atoms with Gasteiger partial charge in [0.25, 0.3) is 0 Å². The average molecular weight is 391 g/mol. The van der Waals surface area contributed by atoms with Crippen molar-refractivity contribution < 1.29 is 8.42 Å². The van der Waals surface area contributed by atoms with Crippen LogP contribution in [0.15, 0.2) is 59.5 Å². The summed E-state index contributed by atoms with van der Waals surface area (Å²) in [6, 6.07) is 16.7. The fourth-order valence-electron chi connectivity index (χ4n) is 4.30. The van der Waals surface area contributed by atoms with Gasteiger partial charge in [-0.2, -0.15) is 4.31 Å². The van der Waals surface area contributed by atoms with E-state index in [0.29, 0.717) is 18.0 Å². The Kier molecular flexibility index (Phi) is 4.82. The van der Waals surface area contributed by atoms with Crippen LogP contribution < -0.4 is 0 Å². The molecule has 138 valence electrons. The average Bonchev–Trinajstić information content (AvgIpc) is 3.26. The molecule has 2 aliphatic heterocycles. The number of nitrogens with zero attached hydrogens (tertiary/aromatic N) is 2. The summed E-state index contributed by atoms with van der Waals surface area (Å²) in [6.07, 6.45) is 3.02. The molecular weight excluding hydrogens is 368 g/mol. The third-order valence-electron chi connectivity index (χ3n) is 5.74. The fraction of sp³-hybridized carbons (Fsp3) is 0.400. The lowest BCUT2D eigenvalue weighted by Crippen LogP contribution is -2.46. The maximum absolute atomic E-state index is 13.0. The number of benzene rings is 2. The normalized spacial score (nSPS) is 24.5. The van der Waals surface area contributed by atoms with E-state index < -0.39 is 10.0 Å². The van der Waals surface area contributed by atoms with Gasteiger partial charge in [0.2, 0.25) is 10.0 Å². The van der Waals surface area contributed by atoms with E-state index in [1.807, 2.05) is 24.3 Å². The Balaban J connectivity index is 1.55. The largest absolute Gasteiger partial charge is 0.292 e. The first-order valence-corrected chi connectivity index (χ1v) is 10.9. The van der Waals surface area contributed by atoms with E-state index >= 15 is 0 Å². The molecular formula is C20H23ClN2O2S. The topological polar surface area (TPSA) is 40.6 Å². The molecule has 2 aromatic rings. The first kappa shape index (κ1) is 18.0. The van der Waals surface area contributed by atoms with E-state index in [1.165, 1.54) is 0 Å². The number of likely N-dealkylation sites (tertiary alicyclic amines) is 1. The summed E-state index contributed by atoms with van der Waals surface area (Å²) < 4.78 is 27.6. The molecule has 2 fully saturated rings. The Morgan fingerprint density at radius 3 is 2.46 bits per heavy atom. The van der Waals surface area contributed by atoms with Gasteiger partial charge in [-0.1, -0.05) is 48.0 Å². The lowest BCUT2D eigenvalue weighted by Gasteiger charge is -2.35. The van der Waals surface area contributed by atoms with E-state index in [2.05, 4.69) is 11.0 Å². The molecule has 2 aliphatic rings. The lowest BCUT2D eigenvalue weighted by molar-refractivity contribution is 0.142. The van der Waals surface area contributed by atoms with Gasteiger partial charge in [-0.15, -0.1) is 0 Å². The third-order valence-corrected chi connectivity index (χ3v) is 7.97. The van der Waals surface area contributed by atoms with Gasteiger partial charge in [0.05, 0.1) is 4.90 Å². The van der Waals surface area contributed by atoms with Crippen LogP contribution in [0.5, 0.6) is 0 Å². The standard InChI is InChI=1S/C20H23ClN2O2S/c21-19-10-5-4-7-17(19)15-22-13-6-11-20(22)12-14-23(16-20)26(24,25)18-8-2-1-3-9-18/h1-5,7-10H,6,11-16H2/t20-/m0/s1. The van der Waals surface area contributed by atoms with Crippen LogP contribution in [0.2, 0.25) is 5.02 Å². The van der Waals surface area contributed by atoms with Gasteiger partial charge in [0, 0.05) is 30.2 Å². The van der Waals surface area contributed by atoms with E-state index in [9.17, 15) is 8.42 Å². The zero-order valence-corrected chi connectivity index (χ0v) is 16.2. The maximum Gasteiger partial charge on any atom is 0.243 e. The van der Waals surface area contributed by atoms with Gasteiger partial charge in [0.1, 0.15) is 0 Å². The molecule has 6 heteroatoms. The summed E-state index contributed by atoms with van der Waals surface area (Å²) in [5.74, 6) is 0. The molecule has 0 N–H and O–H groups in total. The van der Waals surface area contributed by atoms with Crippen LogP contribution in [0.25, 0.3) is 0 Å². The molecule has 2 aromatic carbocycles. The zero-order valence-electron chi connectivity index (χ0n) is 14.6. The first-order chi connectivity index (χ1) is 12.5. The van der Waals surface area contributed by atoms with Crippen molar-refractivity contribution in [1.29, 1.82) is 0 Å². The second kappa shape index (κ2) is 6.97. The zero-order chi connectivity index (χ0) is 18.2. The Hall–Kier alpha value is -1.40. The van der Waals surface area contributed by atoms with Crippen LogP contribution in [0.4, 0.5) is 0 Å². The molecule has 4 rings (SSSR count). The van der Waals surface area contributed by atoms with E-state index in [-0.39, 0.29) is 5.54 Å². The Morgan fingerprint density at radius 1 is 0.962 bits per heavy atom. The SMILES string of the molecule is O=S(=O)(c1ccccc1)N1CC[C@@]2(CCCN2Cc2ccccc2Cl)C1. The third kappa shape index (κ3) is 3.18. The van der Waals surface area contributed by atoms with Crippen molar-refractivity contribution in [3.8, 4) is 0 Å². The molecule has 0 bridgehead atoms. The van der Waals surface area contributed by atoms with Crippen LogP contribution in [0.3, 0.4) is 0 Å². The van der Waals surface area contributed by atoms with E-state index in [0.717, 1.165) is 42.9 Å². The number of hydrogen-bond acceptors (Lipinski definition) is 3. The molecule has 1 atom stereocenters. The molecule has 0 aliphatic carbocycles. The smallest absolute Gasteiger partial charge is 0.243 e. The number of hydrogen-bond donors (Lipinski definition) is 0.